The van der Waals surface area contributed by atoms with E-state index in [0.29, 0.717) is 23.6 Å². The second kappa shape index (κ2) is 11.9. The van der Waals surface area contributed by atoms with Gasteiger partial charge < -0.3 is 24.4 Å². The van der Waals surface area contributed by atoms with Crippen LogP contribution in [0.2, 0.25) is 0 Å². The first-order valence-corrected chi connectivity index (χ1v) is 12.2. The summed E-state index contributed by atoms with van der Waals surface area (Å²) in [6.07, 6.45) is 0.754. The number of rotatable bonds is 11. The molecule has 2 aromatic rings. The Bertz CT molecular complexity index is 1040. The summed E-state index contributed by atoms with van der Waals surface area (Å²) in [4.78, 5) is 30.2. The van der Waals surface area contributed by atoms with E-state index in [9.17, 15) is 14.7 Å². The van der Waals surface area contributed by atoms with Crippen molar-refractivity contribution < 1.29 is 24.2 Å². The Balaban J connectivity index is 2.01. The Hall–Kier alpha value is -3.32. The zero-order valence-corrected chi connectivity index (χ0v) is 21.3. The average Bonchev–Trinajstić information content (AvgIpc) is 3.11. The number of carbonyl (C=O) groups excluding carboxylic acids is 2. The summed E-state index contributed by atoms with van der Waals surface area (Å²) in [5.41, 5.74) is 1.30. The number of aliphatic hydroxyl groups excluding tert-OH is 1. The zero-order chi connectivity index (χ0) is 25.5. The maximum absolute atomic E-state index is 13.2. The van der Waals surface area contributed by atoms with Crippen LogP contribution in [0.3, 0.4) is 0 Å². The number of benzene rings is 2. The fraction of sp³-hybridized carbons (Fsp3) is 0.429. The standard InChI is InChI=1S/C28H36N2O5/c1-6-29(7-2)17-8-18-30-25(20-9-15-23(16-10-20)35-19(3)4)24(27(32)28(30)33)26(31)21-11-13-22(34-5)14-12-21/h9-16,19,25,31H,6-8,17-18H2,1-5H3/b26-24-. The molecule has 7 heteroatoms. The van der Waals surface area contributed by atoms with Gasteiger partial charge in [0.2, 0.25) is 0 Å². The number of hydrogen-bond acceptors (Lipinski definition) is 6. The molecule has 35 heavy (non-hydrogen) atoms. The summed E-state index contributed by atoms with van der Waals surface area (Å²) >= 11 is 0. The lowest BCUT2D eigenvalue weighted by Crippen LogP contribution is -2.33. The second-order valence-corrected chi connectivity index (χ2v) is 8.84. The minimum atomic E-state index is -0.679. The lowest BCUT2D eigenvalue weighted by Gasteiger charge is -2.27. The molecule has 0 spiro atoms. The molecule has 1 saturated heterocycles. The van der Waals surface area contributed by atoms with Crippen LogP contribution in [0.4, 0.5) is 0 Å². The van der Waals surface area contributed by atoms with Gasteiger partial charge in [0, 0.05) is 12.1 Å². The van der Waals surface area contributed by atoms with E-state index in [4.69, 9.17) is 9.47 Å². The predicted octanol–water partition coefficient (Wildman–Crippen LogP) is 4.64. The Kier molecular flexibility index (Phi) is 8.93. The van der Waals surface area contributed by atoms with E-state index in [-0.39, 0.29) is 17.4 Å². The van der Waals surface area contributed by atoms with Crippen LogP contribution >= 0.6 is 0 Å². The minimum Gasteiger partial charge on any atom is -0.507 e. The van der Waals surface area contributed by atoms with Crippen molar-refractivity contribution in [2.45, 2.75) is 46.3 Å². The summed E-state index contributed by atoms with van der Waals surface area (Å²) in [5.74, 6) is -0.112. The van der Waals surface area contributed by atoms with Crippen molar-refractivity contribution in [3.8, 4) is 11.5 Å². The third-order valence-electron chi connectivity index (χ3n) is 6.24. The molecule has 1 aliphatic heterocycles. The molecule has 7 nitrogen and oxygen atoms in total. The van der Waals surface area contributed by atoms with Gasteiger partial charge in [0.15, 0.2) is 0 Å². The molecule has 1 N–H and O–H groups in total. The number of hydrogen-bond donors (Lipinski definition) is 1. The minimum absolute atomic E-state index is 0.0293. The molecule has 0 bridgehead atoms. The molecule has 0 aromatic heterocycles. The van der Waals surface area contributed by atoms with Crippen molar-refractivity contribution in [1.82, 2.24) is 9.80 Å². The summed E-state index contributed by atoms with van der Waals surface area (Å²) in [6.45, 7) is 11.2. The molecule has 1 fully saturated rings. The number of nitrogens with zero attached hydrogens (tertiary/aromatic N) is 2. The Morgan fingerprint density at radius 1 is 1.00 bits per heavy atom. The van der Waals surface area contributed by atoms with E-state index in [2.05, 4.69) is 18.7 Å². The van der Waals surface area contributed by atoms with Crippen LogP contribution in [0.25, 0.3) is 5.76 Å². The Labute approximate surface area is 207 Å². The molecule has 1 aliphatic rings. The van der Waals surface area contributed by atoms with Crippen LogP contribution in [0.5, 0.6) is 11.5 Å². The van der Waals surface area contributed by atoms with E-state index >= 15 is 0 Å². The molecule has 1 unspecified atom stereocenters. The molecule has 1 atom stereocenters. The predicted molar refractivity (Wildman–Crippen MR) is 137 cm³/mol. The lowest BCUT2D eigenvalue weighted by atomic mass is 9.95. The summed E-state index contributed by atoms with van der Waals surface area (Å²) in [5, 5.41) is 11.2. The van der Waals surface area contributed by atoms with Crippen LogP contribution in [0.15, 0.2) is 54.1 Å². The van der Waals surface area contributed by atoms with Gasteiger partial charge in [-0.05, 0) is 81.9 Å². The monoisotopic (exact) mass is 480 g/mol. The molecule has 0 radical (unpaired) electrons. The van der Waals surface area contributed by atoms with Crippen molar-refractivity contribution >= 4 is 17.4 Å². The molecule has 1 heterocycles. The van der Waals surface area contributed by atoms with Crippen molar-refractivity contribution in [2.24, 2.45) is 0 Å². The van der Waals surface area contributed by atoms with Crippen molar-refractivity contribution in [3.05, 3.63) is 65.2 Å². The van der Waals surface area contributed by atoms with Gasteiger partial charge in [-0.15, -0.1) is 0 Å². The largest absolute Gasteiger partial charge is 0.507 e. The van der Waals surface area contributed by atoms with Gasteiger partial charge in [-0.1, -0.05) is 26.0 Å². The highest BCUT2D eigenvalue weighted by Gasteiger charge is 2.45. The van der Waals surface area contributed by atoms with E-state index in [1.165, 1.54) is 0 Å². The molecule has 0 aliphatic carbocycles. The number of amides is 1. The number of aliphatic hydroxyl groups is 1. The quantitative estimate of drug-likeness (QED) is 0.287. The molecular formula is C28H36N2O5. The van der Waals surface area contributed by atoms with Gasteiger partial charge in [0.25, 0.3) is 11.7 Å². The maximum Gasteiger partial charge on any atom is 0.295 e. The Morgan fingerprint density at radius 2 is 1.60 bits per heavy atom. The van der Waals surface area contributed by atoms with Gasteiger partial charge in [-0.2, -0.15) is 0 Å². The molecule has 188 valence electrons. The highest BCUT2D eigenvalue weighted by Crippen LogP contribution is 2.40. The molecule has 0 saturated carbocycles. The van der Waals surface area contributed by atoms with Crippen LogP contribution in [-0.4, -0.2) is 66.0 Å². The molecule has 3 rings (SSSR count). The highest BCUT2D eigenvalue weighted by molar-refractivity contribution is 6.46. The zero-order valence-electron chi connectivity index (χ0n) is 21.3. The third-order valence-corrected chi connectivity index (χ3v) is 6.24. The van der Waals surface area contributed by atoms with Crippen LogP contribution < -0.4 is 9.47 Å². The third kappa shape index (κ3) is 6.03. The van der Waals surface area contributed by atoms with Crippen LogP contribution in [0, 0.1) is 0 Å². The summed E-state index contributed by atoms with van der Waals surface area (Å²) < 4.78 is 11.0. The SMILES string of the molecule is CCN(CC)CCCN1C(=O)C(=O)/C(=C(\O)c2ccc(OC)cc2)C1c1ccc(OC(C)C)cc1. The fourth-order valence-electron chi connectivity index (χ4n) is 4.37. The maximum atomic E-state index is 13.2. The topological polar surface area (TPSA) is 79.3 Å². The number of carbonyl (C=O) groups is 2. The highest BCUT2D eigenvalue weighted by atomic mass is 16.5. The van der Waals surface area contributed by atoms with E-state index < -0.39 is 17.7 Å². The van der Waals surface area contributed by atoms with E-state index in [0.717, 1.165) is 31.6 Å². The number of ether oxygens (including phenoxy) is 2. The van der Waals surface area contributed by atoms with Crippen LogP contribution in [-0.2, 0) is 9.59 Å². The van der Waals surface area contributed by atoms with E-state index in [1.54, 1.807) is 36.3 Å². The number of ketones is 1. The second-order valence-electron chi connectivity index (χ2n) is 8.84. The summed E-state index contributed by atoms with van der Waals surface area (Å²) in [7, 11) is 1.56. The Morgan fingerprint density at radius 3 is 2.14 bits per heavy atom. The average molecular weight is 481 g/mol. The first kappa shape index (κ1) is 26.3. The van der Waals surface area contributed by atoms with Gasteiger partial charge in [0.1, 0.15) is 17.3 Å². The molecular weight excluding hydrogens is 444 g/mol. The van der Waals surface area contributed by atoms with Gasteiger partial charge in [0.05, 0.1) is 24.8 Å². The van der Waals surface area contributed by atoms with Crippen molar-refractivity contribution in [3.63, 3.8) is 0 Å². The normalized spacial score (nSPS) is 17.5. The van der Waals surface area contributed by atoms with Crippen molar-refractivity contribution in [2.75, 3.05) is 33.3 Å². The molecule has 2 aromatic carbocycles. The van der Waals surface area contributed by atoms with Gasteiger partial charge in [-0.3, -0.25) is 9.59 Å². The van der Waals surface area contributed by atoms with Gasteiger partial charge in [-0.25, -0.2) is 0 Å². The summed E-state index contributed by atoms with van der Waals surface area (Å²) in [6, 6.07) is 13.5. The smallest absolute Gasteiger partial charge is 0.295 e. The number of methoxy groups -OCH3 is 1. The first-order chi connectivity index (χ1) is 16.8. The molecule has 1 amide bonds. The number of Topliss-reactive ketones (excluding diaryl/α,β-unsaturated/α-hetero) is 1. The van der Waals surface area contributed by atoms with Crippen molar-refractivity contribution in [1.29, 1.82) is 0 Å². The van der Waals surface area contributed by atoms with Crippen LogP contribution in [0.1, 0.15) is 51.3 Å². The van der Waals surface area contributed by atoms with E-state index in [1.807, 2.05) is 38.1 Å². The number of likely N-dealkylation sites (tertiary alicyclic amines) is 1. The van der Waals surface area contributed by atoms with Gasteiger partial charge >= 0.3 is 0 Å². The first-order valence-electron chi connectivity index (χ1n) is 12.2. The lowest BCUT2D eigenvalue weighted by molar-refractivity contribution is -0.140. The fourth-order valence-corrected chi connectivity index (χ4v) is 4.37.